The number of nitrogens with zero attached hydrogens (tertiary/aromatic N) is 1. The highest BCUT2D eigenvalue weighted by Gasteiger charge is 1.94. The monoisotopic (exact) mass is 214 g/mol. The minimum atomic E-state index is 0.0532. The van der Waals surface area contributed by atoms with Crippen LogP contribution in [0, 0.1) is 17.2 Å². The lowest BCUT2D eigenvalue weighted by atomic mass is 10.1. The van der Waals surface area contributed by atoms with Gasteiger partial charge in [-0.15, -0.1) is 0 Å². The quantitative estimate of drug-likeness (QED) is 0.444. The van der Waals surface area contributed by atoms with Gasteiger partial charge in [0, 0.05) is 0 Å². The molecule has 2 nitrogen and oxygen atoms in total. The molecule has 0 aliphatic heterocycles. The molecule has 0 spiro atoms. The molecule has 0 amide bonds. The summed E-state index contributed by atoms with van der Waals surface area (Å²) in [7, 11) is 0. The van der Waals surface area contributed by atoms with Gasteiger partial charge < -0.3 is 5.73 Å². The molecule has 0 aromatic heterocycles. The number of hydrogen-bond donors (Lipinski definition) is 1. The number of hydrogen-bond acceptors (Lipinski definition) is 2. The van der Waals surface area contributed by atoms with E-state index in [0.29, 0.717) is 11.5 Å². The first kappa shape index (κ1) is 15.5. The van der Waals surface area contributed by atoms with Crippen LogP contribution in [0.3, 0.4) is 0 Å². The molecule has 0 heterocycles. The predicted molar refractivity (Wildman–Crippen MR) is 62.6 cm³/mol. The fourth-order valence-corrected chi connectivity index (χ4v) is 0.734. The first-order valence-corrected chi connectivity index (χ1v) is 5.17. The Hall–Kier alpha value is -0.940. The maximum atomic E-state index is 8.54. The molecule has 0 rings (SSSR count). The summed E-state index contributed by atoms with van der Waals surface area (Å²) < 4.78 is 0. The van der Waals surface area contributed by atoms with Crippen LogP contribution in [0.5, 0.6) is 0 Å². The molecular weight excluding hydrogens is 196 g/mol. The number of nitrogens with two attached hydrogens (primary N) is 1. The van der Waals surface area contributed by atoms with Crippen LogP contribution in [0.4, 0.5) is 0 Å². The van der Waals surface area contributed by atoms with Crippen molar-refractivity contribution in [2.45, 2.75) is 34.1 Å². The third-order valence-corrected chi connectivity index (χ3v) is 1.47. The summed E-state index contributed by atoms with van der Waals surface area (Å²) in [5.74, 6) is 0.581. The number of rotatable bonds is 3. The molecule has 0 saturated carbocycles. The first-order valence-electron chi connectivity index (χ1n) is 4.79. The van der Waals surface area contributed by atoms with E-state index in [9.17, 15) is 0 Å². The van der Waals surface area contributed by atoms with Crippen molar-refractivity contribution in [3.8, 4) is 6.07 Å². The van der Waals surface area contributed by atoms with Crippen molar-refractivity contribution >= 4 is 11.6 Å². The minimum Gasteiger partial charge on any atom is -0.388 e. The average Bonchev–Trinajstić information content (AvgIpc) is 2.14. The Morgan fingerprint density at radius 2 is 2.00 bits per heavy atom. The zero-order valence-electron chi connectivity index (χ0n) is 9.34. The second kappa shape index (κ2) is 10.1. The van der Waals surface area contributed by atoms with Gasteiger partial charge in [0.25, 0.3) is 0 Å². The third kappa shape index (κ3) is 9.15. The Labute approximate surface area is 92.1 Å². The van der Waals surface area contributed by atoms with E-state index < -0.39 is 0 Å². The Kier molecular flexibility index (Phi) is 11.3. The molecule has 0 aromatic rings. The maximum absolute atomic E-state index is 8.54. The van der Waals surface area contributed by atoms with E-state index in [2.05, 4.69) is 13.8 Å². The highest BCUT2D eigenvalue weighted by molar-refractivity contribution is 6.29. The Balaban J connectivity index is 0. The van der Waals surface area contributed by atoms with Crippen molar-refractivity contribution < 1.29 is 0 Å². The lowest BCUT2D eigenvalue weighted by Gasteiger charge is -1.96. The van der Waals surface area contributed by atoms with Crippen LogP contribution in [0.25, 0.3) is 0 Å². The summed E-state index contributed by atoms with van der Waals surface area (Å²) in [4.78, 5) is 0. The molecule has 80 valence electrons. The lowest BCUT2D eigenvalue weighted by Crippen LogP contribution is -1.91. The Bertz CT molecular complexity index is 230. The van der Waals surface area contributed by atoms with Crippen molar-refractivity contribution in [2.24, 2.45) is 11.7 Å². The number of allylic oxidation sites excluding steroid dienone is 3. The molecule has 0 bridgehead atoms. The SMILES string of the molecule is CC.CC(C)C/C=C\C(C#N)=C(/N)Cl. The summed E-state index contributed by atoms with van der Waals surface area (Å²) in [6, 6.07) is 1.91. The second-order valence-electron chi connectivity index (χ2n) is 2.91. The van der Waals surface area contributed by atoms with Crippen molar-refractivity contribution in [1.29, 1.82) is 5.26 Å². The van der Waals surface area contributed by atoms with E-state index in [0.717, 1.165) is 6.42 Å². The standard InChI is InChI=1S/C9H13ClN2.C2H6/c1-7(2)4-3-5-8(6-11)9(10)12;1-2/h3,5,7H,4,12H2,1-2H3;1-2H3/b5-3-,9-8+;. The van der Waals surface area contributed by atoms with E-state index in [1.165, 1.54) is 0 Å². The summed E-state index contributed by atoms with van der Waals surface area (Å²) in [5, 5.41) is 8.59. The van der Waals surface area contributed by atoms with Crippen molar-refractivity contribution in [3.05, 3.63) is 22.9 Å². The molecule has 0 aromatic carbocycles. The molecule has 0 aliphatic carbocycles. The van der Waals surface area contributed by atoms with Gasteiger partial charge >= 0.3 is 0 Å². The van der Waals surface area contributed by atoms with Gasteiger partial charge in [-0.25, -0.2) is 0 Å². The zero-order chi connectivity index (χ0) is 11.6. The van der Waals surface area contributed by atoms with Crippen molar-refractivity contribution in [2.75, 3.05) is 0 Å². The van der Waals surface area contributed by atoms with E-state index in [-0.39, 0.29) is 5.16 Å². The smallest absolute Gasteiger partial charge is 0.117 e. The summed E-state index contributed by atoms with van der Waals surface area (Å²) >= 11 is 5.44. The first-order chi connectivity index (χ1) is 6.57. The molecule has 0 unspecified atom stereocenters. The normalized spacial score (nSPS) is 11.8. The molecule has 0 radical (unpaired) electrons. The van der Waals surface area contributed by atoms with Gasteiger partial charge in [-0.3, -0.25) is 0 Å². The van der Waals surface area contributed by atoms with Crippen molar-refractivity contribution in [3.63, 3.8) is 0 Å². The van der Waals surface area contributed by atoms with Crippen LogP contribution >= 0.6 is 11.6 Å². The molecule has 0 aliphatic rings. The Morgan fingerprint density at radius 1 is 1.50 bits per heavy atom. The summed E-state index contributed by atoms with van der Waals surface area (Å²) in [6.45, 7) is 8.20. The highest BCUT2D eigenvalue weighted by Crippen LogP contribution is 2.06. The fraction of sp³-hybridized carbons (Fsp3) is 0.545. The topological polar surface area (TPSA) is 49.8 Å². The second-order valence-corrected chi connectivity index (χ2v) is 3.31. The molecular formula is C11H19ClN2. The van der Waals surface area contributed by atoms with Crippen molar-refractivity contribution in [1.82, 2.24) is 0 Å². The van der Waals surface area contributed by atoms with E-state index in [1.54, 1.807) is 6.08 Å². The van der Waals surface area contributed by atoms with Gasteiger partial charge in [0.1, 0.15) is 11.2 Å². The third-order valence-electron chi connectivity index (χ3n) is 1.27. The molecule has 3 heteroatoms. The summed E-state index contributed by atoms with van der Waals surface area (Å²) in [5.41, 5.74) is 5.57. The van der Waals surface area contributed by atoms with E-state index in [4.69, 9.17) is 22.6 Å². The fourth-order valence-electron chi connectivity index (χ4n) is 0.628. The van der Waals surface area contributed by atoms with Crippen LogP contribution < -0.4 is 5.73 Å². The molecule has 0 atom stereocenters. The number of halogens is 1. The maximum Gasteiger partial charge on any atom is 0.117 e. The largest absolute Gasteiger partial charge is 0.388 e. The van der Waals surface area contributed by atoms with Gasteiger partial charge in [0.15, 0.2) is 0 Å². The average molecular weight is 215 g/mol. The van der Waals surface area contributed by atoms with Gasteiger partial charge in [-0.05, 0) is 18.4 Å². The molecule has 14 heavy (non-hydrogen) atoms. The highest BCUT2D eigenvalue weighted by atomic mass is 35.5. The predicted octanol–water partition coefficient (Wildman–Crippen LogP) is 3.55. The lowest BCUT2D eigenvalue weighted by molar-refractivity contribution is 0.663. The van der Waals surface area contributed by atoms with Gasteiger partial charge in [0.05, 0.1) is 5.57 Å². The van der Waals surface area contributed by atoms with Gasteiger partial charge in [-0.1, -0.05) is 45.4 Å². The Morgan fingerprint density at radius 3 is 2.29 bits per heavy atom. The molecule has 0 fully saturated rings. The van der Waals surface area contributed by atoms with Crippen LogP contribution in [0.15, 0.2) is 22.9 Å². The zero-order valence-corrected chi connectivity index (χ0v) is 10.1. The minimum absolute atomic E-state index is 0.0532. The molecule has 0 saturated heterocycles. The van der Waals surface area contributed by atoms with E-state index in [1.807, 2.05) is 26.0 Å². The van der Waals surface area contributed by atoms with Crippen LogP contribution in [0.1, 0.15) is 34.1 Å². The van der Waals surface area contributed by atoms with Crippen LogP contribution in [0.2, 0.25) is 0 Å². The van der Waals surface area contributed by atoms with Crippen LogP contribution in [-0.4, -0.2) is 0 Å². The van der Waals surface area contributed by atoms with Gasteiger partial charge in [-0.2, -0.15) is 5.26 Å². The van der Waals surface area contributed by atoms with E-state index >= 15 is 0 Å². The number of nitriles is 1. The summed E-state index contributed by atoms with van der Waals surface area (Å²) in [6.07, 6.45) is 4.48. The molecule has 2 N–H and O–H groups in total. The van der Waals surface area contributed by atoms with Crippen LogP contribution in [-0.2, 0) is 0 Å². The van der Waals surface area contributed by atoms with Gasteiger partial charge in [0.2, 0.25) is 0 Å².